The van der Waals surface area contributed by atoms with E-state index < -0.39 is 0 Å². The molecule has 0 N–H and O–H groups in total. The Hall–Kier alpha value is -4.04. The van der Waals surface area contributed by atoms with Crippen LogP contribution < -0.4 is 18.9 Å². The monoisotopic (exact) mass is 516 g/mol. The Morgan fingerprint density at radius 3 is 2.73 bits per heavy atom. The van der Waals surface area contributed by atoms with Gasteiger partial charge in [0, 0.05) is 47.4 Å². The zero-order chi connectivity index (χ0) is 25.6. The number of hydrogen-bond acceptors (Lipinski definition) is 7. The molecule has 0 saturated carbocycles. The molecule has 4 aromatic rings. The first-order valence-corrected chi connectivity index (χ1v) is 12.9. The van der Waals surface area contributed by atoms with E-state index in [2.05, 4.69) is 22.5 Å². The highest BCUT2D eigenvalue weighted by Crippen LogP contribution is 2.39. The Kier molecular flexibility index (Phi) is 7.56. The number of nitrogens with zero attached hydrogens (tertiary/aromatic N) is 2. The van der Waals surface area contributed by atoms with E-state index in [1.54, 1.807) is 54.9 Å². The molecule has 0 saturated heterocycles. The minimum atomic E-state index is -0.136. The molecule has 2 aromatic heterocycles. The van der Waals surface area contributed by atoms with E-state index in [4.69, 9.17) is 18.9 Å². The highest BCUT2D eigenvalue weighted by atomic mass is 32.1. The third kappa shape index (κ3) is 5.54. The molecule has 0 spiro atoms. The molecule has 0 bridgehead atoms. The molecule has 190 valence electrons. The molecule has 0 atom stereocenters. The van der Waals surface area contributed by atoms with Crippen LogP contribution in [0.15, 0.2) is 72.4 Å². The van der Waals surface area contributed by atoms with Crippen molar-refractivity contribution in [1.29, 1.82) is 0 Å². The van der Waals surface area contributed by atoms with Gasteiger partial charge in [0.15, 0.2) is 11.5 Å². The molecule has 1 amide bonds. The third-order valence-corrected chi connectivity index (χ3v) is 7.14. The van der Waals surface area contributed by atoms with Crippen molar-refractivity contribution in [2.24, 2.45) is 0 Å². The van der Waals surface area contributed by atoms with Crippen LogP contribution in [0, 0.1) is 0 Å². The van der Waals surface area contributed by atoms with Gasteiger partial charge in [-0.2, -0.15) is 0 Å². The predicted molar refractivity (Wildman–Crippen MR) is 143 cm³/mol. The number of hydrogen-bond donors (Lipinski definition) is 0. The average molecular weight is 517 g/mol. The highest BCUT2D eigenvalue weighted by Gasteiger charge is 2.26. The molecule has 37 heavy (non-hydrogen) atoms. The van der Waals surface area contributed by atoms with Gasteiger partial charge in [-0.3, -0.25) is 9.78 Å². The zero-order valence-corrected chi connectivity index (χ0v) is 21.6. The van der Waals surface area contributed by atoms with Crippen molar-refractivity contribution in [2.45, 2.75) is 13.0 Å². The SMILES string of the molecule is COc1ccc(C(=O)N2CCOc3c(cc(-c4cccnc4)cc3OCCc3cccs3)C2)c(OC)c1. The van der Waals surface area contributed by atoms with E-state index in [-0.39, 0.29) is 5.91 Å². The number of carbonyl (C=O) groups excluding carboxylic acids is 1. The van der Waals surface area contributed by atoms with Crippen molar-refractivity contribution in [3.05, 3.63) is 88.4 Å². The summed E-state index contributed by atoms with van der Waals surface area (Å²) in [4.78, 5) is 20.9. The van der Waals surface area contributed by atoms with Crippen LogP contribution in [0.2, 0.25) is 0 Å². The first-order chi connectivity index (χ1) is 18.2. The Labute approximate surface area is 220 Å². The predicted octanol–water partition coefficient (Wildman–Crippen LogP) is 5.48. The minimum absolute atomic E-state index is 0.136. The van der Waals surface area contributed by atoms with Gasteiger partial charge >= 0.3 is 0 Å². The van der Waals surface area contributed by atoms with Gasteiger partial charge in [-0.05, 0) is 47.3 Å². The smallest absolute Gasteiger partial charge is 0.258 e. The molecule has 7 nitrogen and oxygen atoms in total. The van der Waals surface area contributed by atoms with Crippen LogP contribution in [-0.2, 0) is 13.0 Å². The number of methoxy groups -OCH3 is 2. The van der Waals surface area contributed by atoms with E-state index in [9.17, 15) is 4.79 Å². The number of pyridine rings is 1. The molecule has 3 heterocycles. The van der Waals surface area contributed by atoms with Crippen LogP contribution in [0.4, 0.5) is 0 Å². The fourth-order valence-corrected chi connectivity index (χ4v) is 5.02. The molecule has 5 rings (SSSR count). The first-order valence-electron chi connectivity index (χ1n) is 12.0. The fraction of sp³-hybridized carbons (Fsp3) is 0.241. The summed E-state index contributed by atoms with van der Waals surface area (Å²) in [6.45, 7) is 1.68. The molecular formula is C29H28N2O5S. The van der Waals surface area contributed by atoms with Gasteiger partial charge in [0.05, 0.1) is 32.9 Å². The number of amides is 1. The maximum absolute atomic E-state index is 13.6. The van der Waals surface area contributed by atoms with Crippen molar-refractivity contribution >= 4 is 17.2 Å². The second-order valence-corrected chi connectivity index (χ2v) is 9.56. The number of ether oxygens (including phenoxy) is 4. The lowest BCUT2D eigenvalue weighted by Gasteiger charge is -2.22. The van der Waals surface area contributed by atoms with Crippen LogP contribution in [0.3, 0.4) is 0 Å². The van der Waals surface area contributed by atoms with Crippen LogP contribution in [-0.4, -0.2) is 49.8 Å². The summed E-state index contributed by atoms with van der Waals surface area (Å²) >= 11 is 1.72. The second kappa shape index (κ2) is 11.3. The number of benzene rings is 2. The third-order valence-electron chi connectivity index (χ3n) is 6.21. The Balaban J connectivity index is 1.46. The van der Waals surface area contributed by atoms with Crippen LogP contribution >= 0.6 is 11.3 Å². The van der Waals surface area contributed by atoms with Crippen molar-refractivity contribution in [3.63, 3.8) is 0 Å². The lowest BCUT2D eigenvalue weighted by atomic mass is 10.0. The summed E-state index contributed by atoms with van der Waals surface area (Å²) in [5.74, 6) is 2.31. The first kappa shape index (κ1) is 24.6. The molecule has 0 aliphatic carbocycles. The van der Waals surface area contributed by atoms with E-state index in [1.165, 1.54) is 4.88 Å². The summed E-state index contributed by atoms with van der Waals surface area (Å²) in [6.07, 6.45) is 4.38. The number of carbonyl (C=O) groups is 1. The van der Waals surface area contributed by atoms with Crippen molar-refractivity contribution < 1.29 is 23.7 Å². The largest absolute Gasteiger partial charge is 0.497 e. The lowest BCUT2D eigenvalue weighted by Crippen LogP contribution is -2.32. The normalized spacial score (nSPS) is 12.8. The van der Waals surface area contributed by atoms with Crippen LogP contribution in [0.1, 0.15) is 20.8 Å². The Morgan fingerprint density at radius 2 is 1.97 bits per heavy atom. The maximum Gasteiger partial charge on any atom is 0.258 e. The number of thiophene rings is 1. The molecule has 0 unspecified atom stereocenters. The molecule has 8 heteroatoms. The number of rotatable bonds is 8. The summed E-state index contributed by atoms with van der Waals surface area (Å²) in [5, 5.41) is 2.07. The van der Waals surface area contributed by atoms with Crippen molar-refractivity contribution in [3.8, 4) is 34.1 Å². The fourth-order valence-electron chi connectivity index (χ4n) is 4.33. The van der Waals surface area contributed by atoms with Gasteiger partial charge in [0.2, 0.25) is 0 Å². The Morgan fingerprint density at radius 1 is 1.05 bits per heavy atom. The molecule has 0 radical (unpaired) electrons. The van der Waals surface area contributed by atoms with Crippen molar-refractivity contribution in [2.75, 3.05) is 34.0 Å². The van der Waals surface area contributed by atoms with E-state index in [0.29, 0.717) is 54.9 Å². The molecule has 0 fully saturated rings. The minimum Gasteiger partial charge on any atom is -0.497 e. The quantitative estimate of drug-likeness (QED) is 0.309. The molecule has 1 aliphatic rings. The summed E-state index contributed by atoms with van der Waals surface area (Å²) < 4.78 is 23.2. The molecule has 2 aromatic carbocycles. The van der Waals surface area contributed by atoms with E-state index in [0.717, 1.165) is 23.1 Å². The zero-order valence-electron chi connectivity index (χ0n) is 20.8. The summed E-state index contributed by atoms with van der Waals surface area (Å²) in [7, 11) is 3.13. The van der Waals surface area contributed by atoms with E-state index in [1.807, 2.05) is 30.5 Å². The standard InChI is InChI=1S/C29H28N2O5S/c1-33-23-7-8-25(26(17-23)34-2)29(32)31-11-13-36-28-22(19-31)15-21(20-5-3-10-30-18-20)16-27(28)35-12-9-24-6-4-14-37-24/h3-8,10,14-18H,9,11-13,19H2,1-2H3. The lowest BCUT2D eigenvalue weighted by molar-refractivity contribution is 0.0729. The topological polar surface area (TPSA) is 70.1 Å². The van der Waals surface area contributed by atoms with Crippen LogP contribution in [0.5, 0.6) is 23.0 Å². The summed E-state index contributed by atoms with van der Waals surface area (Å²) in [5.41, 5.74) is 3.28. The van der Waals surface area contributed by atoms with Gasteiger partial charge in [0.25, 0.3) is 5.91 Å². The second-order valence-electron chi connectivity index (χ2n) is 8.52. The Bertz CT molecular complexity index is 1360. The number of aromatic nitrogens is 1. The molecular weight excluding hydrogens is 488 g/mol. The summed E-state index contributed by atoms with van der Waals surface area (Å²) in [6, 6.07) is 17.3. The molecule has 1 aliphatic heterocycles. The van der Waals surface area contributed by atoms with Gasteiger partial charge in [0.1, 0.15) is 18.1 Å². The van der Waals surface area contributed by atoms with Gasteiger partial charge in [-0.25, -0.2) is 0 Å². The van der Waals surface area contributed by atoms with Crippen molar-refractivity contribution in [1.82, 2.24) is 9.88 Å². The van der Waals surface area contributed by atoms with Crippen LogP contribution in [0.25, 0.3) is 11.1 Å². The highest BCUT2D eigenvalue weighted by molar-refractivity contribution is 7.09. The maximum atomic E-state index is 13.6. The van der Waals surface area contributed by atoms with Gasteiger partial charge in [-0.1, -0.05) is 12.1 Å². The average Bonchev–Trinajstić information content (AvgIpc) is 3.37. The van der Waals surface area contributed by atoms with Gasteiger partial charge in [-0.15, -0.1) is 11.3 Å². The van der Waals surface area contributed by atoms with E-state index >= 15 is 0 Å². The van der Waals surface area contributed by atoms with Gasteiger partial charge < -0.3 is 23.8 Å². The number of fused-ring (bicyclic) bond motifs is 1.